The lowest BCUT2D eigenvalue weighted by Crippen LogP contribution is -2.13. The van der Waals surface area contributed by atoms with Crippen molar-refractivity contribution in [3.05, 3.63) is 69.2 Å². The van der Waals surface area contributed by atoms with Gasteiger partial charge in [0.1, 0.15) is 0 Å². The third-order valence-electron chi connectivity index (χ3n) is 3.33. The van der Waals surface area contributed by atoms with E-state index in [1.807, 2.05) is 0 Å². The Morgan fingerprint density at radius 1 is 1.00 bits per heavy atom. The molecule has 2 aromatic carbocycles. The molecule has 0 bridgehead atoms. The zero-order valence-electron chi connectivity index (χ0n) is 10.8. The average Bonchev–Trinajstić information content (AvgIpc) is 2.35. The zero-order chi connectivity index (χ0) is 13.1. The van der Waals surface area contributed by atoms with E-state index in [9.17, 15) is 0 Å². The van der Waals surface area contributed by atoms with Crippen LogP contribution in [0.15, 0.2) is 46.9 Å². The second kappa shape index (κ2) is 5.68. The van der Waals surface area contributed by atoms with Gasteiger partial charge >= 0.3 is 0 Å². The van der Waals surface area contributed by atoms with Crippen LogP contribution in [0.4, 0.5) is 0 Å². The molecule has 0 fully saturated rings. The molecule has 0 saturated heterocycles. The van der Waals surface area contributed by atoms with E-state index in [1.165, 1.54) is 22.3 Å². The molecule has 0 aromatic heterocycles. The van der Waals surface area contributed by atoms with Crippen molar-refractivity contribution in [3.63, 3.8) is 0 Å². The molecule has 0 heterocycles. The molecule has 2 heteroatoms. The Morgan fingerprint density at radius 3 is 2.28 bits per heavy atom. The van der Waals surface area contributed by atoms with Gasteiger partial charge in [0, 0.05) is 10.5 Å². The molecule has 94 valence electrons. The fourth-order valence-corrected chi connectivity index (χ4v) is 2.25. The van der Waals surface area contributed by atoms with Crippen LogP contribution in [-0.4, -0.2) is 0 Å². The Morgan fingerprint density at radius 2 is 1.67 bits per heavy atom. The van der Waals surface area contributed by atoms with E-state index in [1.54, 1.807) is 0 Å². The van der Waals surface area contributed by atoms with Gasteiger partial charge in [0.25, 0.3) is 0 Å². The maximum absolute atomic E-state index is 6.27. The number of aryl methyl sites for hydroxylation is 2. The van der Waals surface area contributed by atoms with Gasteiger partial charge in [-0.3, -0.25) is 0 Å². The Labute approximate surface area is 117 Å². The Balaban J connectivity index is 2.13. The summed E-state index contributed by atoms with van der Waals surface area (Å²) in [4.78, 5) is 0. The Bertz CT molecular complexity index is 531. The molecule has 0 aliphatic rings. The molecule has 0 aliphatic heterocycles. The summed E-state index contributed by atoms with van der Waals surface area (Å²) in [6.07, 6.45) is 0.871. The van der Waals surface area contributed by atoms with E-state index in [2.05, 4.69) is 72.2 Å². The molecule has 2 rings (SSSR count). The SMILES string of the molecule is Cc1ccc(C(N)Cc2ccc(Br)cc2)cc1C. The fraction of sp³-hybridized carbons (Fsp3) is 0.250. The Hall–Kier alpha value is -1.12. The second-order valence-electron chi connectivity index (χ2n) is 4.78. The van der Waals surface area contributed by atoms with Crippen LogP contribution < -0.4 is 5.73 Å². The summed E-state index contributed by atoms with van der Waals surface area (Å²) in [7, 11) is 0. The van der Waals surface area contributed by atoms with Crippen LogP contribution in [0, 0.1) is 13.8 Å². The van der Waals surface area contributed by atoms with Gasteiger partial charge in [-0.05, 0) is 54.7 Å². The standard InChI is InChI=1S/C16H18BrN/c1-11-3-6-14(9-12(11)2)16(18)10-13-4-7-15(17)8-5-13/h3-9,16H,10,18H2,1-2H3. The van der Waals surface area contributed by atoms with E-state index >= 15 is 0 Å². The topological polar surface area (TPSA) is 26.0 Å². The van der Waals surface area contributed by atoms with Crippen LogP contribution in [0.5, 0.6) is 0 Å². The molecule has 0 spiro atoms. The van der Waals surface area contributed by atoms with Crippen LogP contribution in [-0.2, 0) is 6.42 Å². The minimum Gasteiger partial charge on any atom is -0.324 e. The van der Waals surface area contributed by atoms with Crippen molar-refractivity contribution in [1.29, 1.82) is 0 Å². The van der Waals surface area contributed by atoms with Gasteiger partial charge in [0.05, 0.1) is 0 Å². The lowest BCUT2D eigenvalue weighted by molar-refractivity contribution is 0.721. The number of rotatable bonds is 3. The minimum atomic E-state index is 0.0606. The highest BCUT2D eigenvalue weighted by Gasteiger charge is 2.08. The van der Waals surface area contributed by atoms with Gasteiger partial charge in [-0.15, -0.1) is 0 Å². The van der Waals surface area contributed by atoms with Crippen LogP contribution in [0.25, 0.3) is 0 Å². The number of halogens is 1. The molecular weight excluding hydrogens is 286 g/mol. The molecular formula is C16H18BrN. The first-order valence-corrected chi connectivity index (χ1v) is 6.93. The van der Waals surface area contributed by atoms with E-state index in [0.29, 0.717) is 0 Å². The summed E-state index contributed by atoms with van der Waals surface area (Å²) >= 11 is 3.44. The summed E-state index contributed by atoms with van der Waals surface area (Å²) < 4.78 is 1.10. The maximum atomic E-state index is 6.27. The highest BCUT2D eigenvalue weighted by molar-refractivity contribution is 9.10. The molecule has 18 heavy (non-hydrogen) atoms. The molecule has 1 unspecified atom stereocenters. The molecule has 1 atom stereocenters. The van der Waals surface area contributed by atoms with Crippen molar-refractivity contribution in [1.82, 2.24) is 0 Å². The quantitative estimate of drug-likeness (QED) is 0.898. The largest absolute Gasteiger partial charge is 0.324 e. The zero-order valence-corrected chi connectivity index (χ0v) is 12.4. The van der Waals surface area contributed by atoms with Crippen molar-refractivity contribution in [2.24, 2.45) is 5.73 Å². The third-order valence-corrected chi connectivity index (χ3v) is 3.86. The lowest BCUT2D eigenvalue weighted by Gasteiger charge is -2.14. The molecule has 0 radical (unpaired) electrons. The number of nitrogens with two attached hydrogens (primary N) is 1. The van der Waals surface area contributed by atoms with Crippen molar-refractivity contribution in [2.75, 3.05) is 0 Å². The normalized spacial score (nSPS) is 12.4. The van der Waals surface area contributed by atoms with Crippen molar-refractivity contribution >= 4 is 15.9 Å². The summed E-state index contributed by atoms with van der Waals surface area (Å²) in [5, 5.41) is 0. The lowest BCUT2D eigenvalue weighted by atomic mass is 9.97. The van der Waals surface area contributed by atoms with Crippen molar-refractivity contribution in [3.8, 4) is 0 Å². The van der Waals surface area contributed by atoms with Gasteiger partial charge in [0.15, 0.2) is 0 Å². The minimum absolute atomic E-state index is 0.0606. The second-order valence-corrected chi connectivity index (χ2v) is 5.70. The number of hydrogen-bond donors (Lipinski definition) is 1. The van der Waals surface area contributed by atoms with Crippen LogP contribution in [0.3, 0.4) is 0 Å². The predicted molar refractivity (Wildman–Crippen MR) is 80.7 cm³/mol. The van der Waals surface area contributed by atoms with Crippen LogP contribution in [0.1, 0.15) is 28.3 Å². The average molecular weight is 304 g/mol. The van der Waals surface area contributed by atoms with E-state index in [-0.39, 0.29) is 6.04 Å². The monoisotopic (exact) mass is 303 g/mol. The van der Waals surface area contributed by atoms with Crippen molar-refractivity contribution in [2.45, 2.75) is 26.3 Å². The van der Waals surface area contributed by atoms with Gasteiger partial charge in [0.2, 0.25) is 0 Å². The number of benzene rings is 2. The molecule has 2 aromatic rings. The Kier molecular flexibility index (Phi) is 4.20. The van der Waals surface area contributed by atoms with Gasteiger partial charge in [-0.25, -0.2) is 0 Å². The molecule has 2 N–H and O–H groups in total. The summed E-state index contributed by atoms with van der Waals surface area (Å²) in [6.45, 7) is 4.25. The third kappa shape index (κ3) is 3.21. The number of hydrogen-bond acceptors (Lipinski definition) is 1. The van der Waals surface area contributed by atoms with Gasteiger partial charge in [-0.1, -0.05) is 46.3 Å². The summed E-state index contributed by atoms with van der Waals surface area (Å²) in [6, 6.07) is 14.9. The first kappa shape index (κ1) is 13.3. The first-order valence-electron chi connectivity index (χ1n) is 6.13. The molecule has 1 nitrogen and oxygen atoms in total. The molecule has 0 aliphatic carbocycles. The van der Waals surface area contributed by atoms with Crippen molar-refractivity contribution < 1.29 is 0 Å². The van der Waals surface area contributed by atoms with Crippen LogP contribution in [0.2, 0.25) is 0 Å². The van der Waals surface area contributed by atoms with Crippen LogP contribution >= 0.6 is 15.9 Å². The van der Waals surface area contributed by atoms with Gasteiger partial charge in [-0.2, -0.15) is 0 Å². The first-order chi connectivity index (χ1) is 8.56. The van der Waals surface area contributed by atoms with Gasteiger partial charge < -0.3 is 5.73 Å². The predicted octanol–water partition coefficient (Wildman–Crippen LogP) is 4.31. The molecule has 0 saturated carbocycles. The molecule has 0 amide bonds. The maximum Gasteiger partial charge on any atom is 0.0335 e. The fourth-order valence-electron chi connectivity index (χ4n) is 1.99. The smallest absolute Gasteiger partial charge is 0.0335 e. The van der Waals surface area contributed by atoms with E-state index in [4.69, 9.17) is 5.73 Å². The van der Waals surface area contributed by atoms with E-state index < -0.39 is 0 Å². The highest BCUT2D eigenvalue weighted by atomic mass is 79.9. The summed E-state index contributed by atoms with van der Waals surface area (Å²) in [5.74, 6) is 0. The van der Waals surface area contributed by atoms with E-state index in [0.717, 1.165) is 10.9 Å². The summed E-state index contributed by atoms with van der Waals surface area (Å²) in [5.41, 5.74) is 11.4. The highest BCUT2D eigenvalue weighted by Crippen LogP contribution is 2.20.